The molecule has 3 heteroatoms. The van der Waals surface area contributed by atoms with E-state index in [4.69, 9.17) is 0 Å². The molecule has 98 valence electrons. The molecule has 0 unspecified atom stereocenters. The quantitative estimate of drug-likeness (QED) is 0.836. The maximum atomic E-state index is 12.5. The normalized spacial score (nSPS) is 14.4. The van der Waals surface area contributed by atoms with Gasteiger partial charge in [0.05, 0.1) is 0 Å². The van der Waals surface area contributed by atoms with Gasteiger partial charge in [0.25, 0.3) is 0 Å². The zero-order valence-electron chi connectivity index (χ0n) is 11.1. The first-order valence-electron chi connectivity index (χ1n) is 6.46. The van der Waals surface area contributed by atoms with E-state index in [2.05, 4.69) is 4.98 Å². The lowest BCUT2D eigenvalue weighted by Crippen LogP contribution is -2.22. The lowest BCUT2D eigenvalue weighted by atomic mass is 9.83. The standard InChI is InChI=1S/C17H13NO2/c1-11-15(10-12-6-4-5-9-18-12)17(20)14-8-3-2-7-13(14)16(11)19/h2-9H,10H2,1H3. The Bertz CT molecular complexity index is 730. The van der Waals surface area contributed by atoms with Gasteiger partial charge in [-0.3, -0.25) is 14.6 Å². The Labute approximate surface area is 117 Å². The topological polar surface area (TPSA) is 47.0 Å². The number of carbonyl (C=O) groups is 2. The summed E-state index contributed by atoms with van der Waals surface area (Å²) in [5.41, 5.74) is 2.86. The molecular weight excluding hydrogens is 250 g/mol. The smallest absolute Gasteiger partial charge is 0.190 e. The molecule has 0 radical (unpaired) electrons. The van der Waals surface area contributed by atoms with Gasteiger partial charge in [0.15, 0.2) is 11.6 Å². The Morgan fingerprint density at radius 1 is 0.900 bits per heavy atom. The summed E-state index contributed by atoms with van der Waals surface area (Å²) in [6.45, 7) is 1.72. The lowest BCUT2D eigenvalue weighted by molar-refractivity contribution is 0.0973. The van der Waals surface area contributed by atoms with Crippen LogP contribution in [0.1, 0.15) is 33.3 Å². The molecule has 2 aromatic rings. The van der Waals surface area contributed by atoms with Gasteiger partial charge in [0.1, 0.15) is 0 Å². The summed E-state index contributed by atoms with van der Waals surface area (Å²) < 4.78 is 0. The number of carbonyl (C=O) groups excluding carboxylic acids is 2. The molecule has 0 aliphatic heterocycles. The van der Waals surface area contributed by atoms with Crippen LogP contribution in [0.3, 0.4) is 0 Å². The van der Waals surface area contributed by atoms with E-state index < -0.39 is 0 Å². The van der Waals surface area contributed by atoms with Crippen LogP contribution in [0.15, 0.2) is 59.8 Å². The molecule has 0 N–H and O–H groups in total. The van der Waals surface area contributed by atoms with Gasteiger partial charge < -0.3 is 0 Å². The fourth-order valence-corrected chi connectivity index (χ4v) is 2.45. The lowest BCUT2D eigenvalue weighted by Gasteiger charge is -2.18. The van der Waals surface area contributed by atoms with Crippen LogP contribution in [-0.4, -0.2) is 16.6 Å². The van der Waals surface area contributed by atoms with Gasteiger partial charge in [0, 0.05) is 40.6 Å². The van der Waals surface area contributed by atoms with Gasteiger partial charge in [-0.05, 0) is 19.1 Å². The third-order valence-electron chi connectivity index (χ3n) is 3.57. The van der Waals surface area contributed by atoms with E-state index in [1.54, 1.807) is 37.4 Å². The predicted octanol–water partition coefficient (Wildman–Crippen LogP) is 3.02. The summed E-state index contributed by atoms with van der Waals surface area (Å²) in [6.07, 6.45) is 2.08. The number of nitrogens with zero attached hydrogens (tertiary/aromatic N) is 1. The number of fused-ring (bicyclic) bond motifs is 1. The number of rotatable bonds is 2. The van der Waals surface area contributed by atoms with Crippen LogP contribution in [0.25, 0.3) is 0 Å². The molecule has 1 aromatic carbocycles. The molecule has 3 nitrogen and oxygen atoms in total. The first-order chi connectivity index (χ1) is 9.68. The number of allylic oxidation sites excluding steroid dienone is 2. The number of pyridine rings is 1. The predicted molar refractivity (Wildman–Crippen MR) is 75.7 cm³/mol. The SMILES string of the molecule is CC1=C(Cc2ccccn2)C(=O)c2ccccc2C1=O. The summed E-state index contributed by atoms with van der Waals surface area (Å²) in [5.74, 6) is -0.130. The maximum absolute atomic E-state index is 12.5. The van der Waals surface area contributed by atoms with Crippen molar-refractivity contribution in [2.75, 3.05) is 0 Å². The second kappa shape index (κ2) is 4.85. The zero-order chi connectivity index (χ0) is 14.1. The molecule has 0 fully saturated rings. The highest BCUT2D eigenvalue weighted by atomic mass is 16.1. The van der Waals surface area contributed by atoms with Crippen LogP contribution in [0, 0.1) is 0 Å². The Morgan fingerprint density at radius 2 is 1.55 bits per heavy atom. The summed E-state index contributed by atoms with van der Waals surface area (Å²) in [7, 11) is 0. The van der Waals surface area contributed by atoms with Crippen LogP contribution in [-0.2, 0) is 6.42 Å². The minimum atomic E-state index is -0.0663. The van der Waals surface area contributed by atoms with Crippen LogP contribution in [0.2, 0.25) is 0 Å². The maximum Gasteiger partial charge on any atom is 0.190 e. The largest absolute Gasteiger partial charge is 0.289 e. The van der Waals surface area contributed by atoms with E-state index in [0.29, 0.717) is 28.7 Å². The number of ketones is 2. The fourth-order valence-electron chi connectivity index (χ4n) is 2.45. The molecule has 3 rings (SSSR count). The van der Waals surface area contributed by atoms with Crippen molar-refractivity contribution in [1.29, 1.82) is 0 Å². The average Bonchev–Trinajstić information content (AvgIpc) is 2.50. The molecule has 1 aliphatic carbocycles. The van der Waals surface area contributed by atoms with Gasteiger partial charge in [-0.15, -0.1) is 0 Å². The molecule has 0 spiro atoms. The molecule has 0 saturated carbocycles. The van der Waals surface area contributed by atoms with Crippen LogP contribution >= 0.6 is 0 Å². The van der Waals surface area contributed by atoms with Crippen molar-refractivity contribution < 1.29 is 9.59 Å². The van der Waals surface area contributed by atoms with Crippen LogP contribution < -0.4 is 0 Å². The first-order valence-corrected chi connectivity index (χ1v) is 6.46. The average molecular weight is 263 g/mol. The number of benzene rings is 1. The minimum absolute atomic E-state index is 0.0638. The van der Waals surface area contributed by atoms with Crippen molar-refractivity contribution in [3.63, 3.8) is 0 Å². The number of hydrogen-bond donors (Lipinski definition) is 0. The Balaban J connectivity index is 2.06. The van der Waals surface area contributed by atoms with Gasteiger partial charge in [-0.2, -0.15) is 0 Å². The number of hydrogen-bond acceptors (Lipinski definition) is 3. The molecular formula is C17H13NO2. The van der Waals surface area contributed by atoms with E-state index in [9.17, 15) is 9.59 Å². The third kappa shape index (κ3) is 1.97. The Hall–Kier alpha value is -2.55. The van der Waals surface area contributed by atoms with Crippen molar-refractivity contribution in [1.82, 2.24) is 4.98 Å². The van der Waals surface area contributed by atoms with E-state index in [-0.39, 0.29) is 11.6 Å². The van der Waals surface area contributed by atoms with Crippen molar-refractivity contribution in [3.05, 3.63) is 76.6 Å². The minimum Gasteiger partial charge on any atom is -0.289 e. The molecule has 1 aliphatic rings. The molecule has 1 aromatic heterocycles. The van der Waals surface area contributed by atoms with Gasteiger partial charge >= 0.3 is 0 Å². The highest BCUT2D eigenvalue weighted by molar-refractivity contribution is 6.26. The highest BCUT2D eigenvalue weighted by Gasteiger charge is 2.29. The van der Waals surface area contributed by atoms with E-state index >= 15 is 0 Å². The fraction of sp³-hybridized carbons (Fsp3) is 0.118. The van der Waals surface area contributed by atoms with E-state index in [1.165, 1.54) is 0 Å². The van der Waals surface area contributed by atoms with Gasteiger partial charge in [-0.25, -0.2) is 0 Å². The molecule has 20 heavy (non-hydrogen) atoms. The second-order valence-corrected chi connectivity index (χ2v) is 4.81. The summed E-state index contributed by atoms with van der Waals surface area (Å²) in [6, 6.07) is 12.5. The van der Waals surface area contributed by atoms with Crippen molar-refractivity contribution in [2.24, 2.45) is 0 Å². The van der Waals surface area contributed by atoms with Crippen LogP contribution in [0.4, 0.5) is 0 Å². The second-order valence-electron chi connectivity index (χ2n) is 4.81. The molecule has 0 amide bonds. The number of aromatic nitrogens is 1. The highest BCUT2D eigenvalue weighted by Crippen LogP contribution is 2.27. The van der Waals surface area contributed by atoms with Crippen molar-refractivity contribution >= 4 is 11.6 Å². The van der Waals surface area contributed by atoms with Gasteiger partial charge in [-0.1, -0.05) is 30.3 Å². The zero-order valence-corrected chi connectivity index (χ0v) is 11.1. The van der Waals surface area contributed by atoms with Gasteiger partial charge in [0.2, 0.25) is 0 Å². The summed E-state index contributed by atoms with van der Waals surface area (Å²) in [4.78, 5) is 29.1. The molecule has 0 atom stereocenters. The molecule has 1 heterocycles. The number of Topliss-reactive ketones (excluding diaryl/α,β-unsaturated/α-hetero) is 2. The van der Waals surface area contributed by atoms with E-state index in [1.807, 2.05) is 18.2 Å². The third-order valence-corrected chi connectivity index (χ3v) is 3.57. The summed E-state index contributed by atoms with van der Waals surface area (Å²) >= 11 is 0. The Kier molecular flexibility index (Phi) is 3.03. The van der Waals surface area contributed by atoms with Crippen molar-refractivity contribution in [2.45, 2.75) is 13.3 Å². The van der Waals surface area contributed by atoms with E-state index in [0.717, 1.165) is 5.69 Å². The monoisotopic (exact) mass is 263 g/mol. The summed E-state index contributed by atoms with van der Waals surface area (Å²) in [5, 5.41) is 0. The first kappa shape index (κ1) is 12.5. The van der Waals surface area contributed by atoms with Crippen LogP contribution in [0.5, 0.6) is 0 Å². The molecule has 0 saturated heterocycles. The van der Waals surface area contributed by atoms with Crippen molar-refractivity contribution in [3.8, 4) is 0 Å². The Morgan fingerprint density at radius 3 is 2.20 bits per heavy atom. The molecule has 0 bridgehead atoms.